The Kier molecular flexibility index (Phi) is 47.4. The Bertz CT molecular complexity index is 118. The summed E-state index contributed by atoms with van der Waals surface area (Å²) >= 11 is 0. The molecule has 14 heavy (non-hydrogen) atoms. The van der Waals surface area contributed by atoms with E-state index in [0.717, 1.165) is 0 Å². The fourth-order valence-electron chi connectivity index (χ4n) is 0. The molecule has 0 aromatic carbocycles. The predicted octanol–water partition coefficient (Wildman–Crippen LogP) is -7.35. The molecule has 0 aliphatic rings. The second-order valence-corrected chi connectivity index (χ2v) is 0.750. The molecule has 0 N–H and O–H groups in total. The van der Waals surface area contributed by atoms with Crippen molar-refractivity contribution in [3.63, 3.8) is 0 Å². The molecule has 0 heterocycles. The molecule has 85 valence electrons. The van der Waals surface area contributed by atoms with Crippen molar-refractivity contribution in [3.8, 4) is 0 Å². The van der Waals surface area contributed by atoms with E-state index >= 15 is 0 Å². The van der Waals surface area contributed by atoms with Gasteiger partial charge in [-0.25, -0.2) is 0 Å². The minimum atomic E-state index is -2.33. The van der Waals surface area contributed by atoms with Crippen LogP contribution in [0.1, 0.15) is 0 Å². The Labute approximate surface area is 101 Å². The zero-order valence-corrected chi connectivity index (χ0v) is 9.89. The molecule has 0 rings (SSSR count). The number of carboxylic acid groups (broad SMARTS) is 6. The number of carbonyl (C=O) groups is 3. The van der Waals surface area contributed by atoms with Crippen LogP contribution < -0.4 is 30.6 Å². The average Bonchev–Trinajstić information content (AvgIpc) is 1.54. The third-order valence-corrected chi connectivity index (χ3v) is 0. The molecule has 0 saturated heterocycles. The SMILES string of the molecule is O=C([O-])[O-].O=C([O-])[O-].O=C([O-])[O-].[Co+2].[W]. The molecule has 0 fully saturated rings. The van der Waals surface area contributed by atoms with Crippen LogP contribution in [0.2, 0.25) is 0 Å². The number of rotatable bonds is 0. The van der Waals surface area contributed by atoms with Crippen LogP contribution in [0, 0.1) is 0 Å². The van der Waals surface area contributed by atoms with Crippen LogP contribution in [0.25, 0.3) is 0 Å². The molecule has 9 nitrogen and oxygen atoms in total. The number of hydrogen-bond acceptors (Lipinski definition) is 9. The zero-order chi connectivity index (χ0) is 10.7. The van der Waals surface area contributed by atoms with Crippen molar-refractivity contribution >= 4 is 18.5 Å². The molecule has 0 aliphatic carbocycles. The van der Waals surface area contributed by atoms with Gasteiger partial charge >= 0.3 is 16.8 Å². The van der Waals surface area contributed by atoms with Gasteiger partial charge in [0.2, 0.25) is 0 Å². The third-order valence-electron chi connectivity index (χ3n) is 0. The average molecular weight is 423 g/mol. The molecule has 0 aromatic rings. The first-order valence-corrected chi connectivity index (χ1v) is 1.84. The molecule has 11 heteroatoms. The predicted molar refractivity (Wildman–Crippen MR) is 16.2 cm³/mol. The zero-order valence-electron chi connectivity index (χ0n) is 5.92. The maximum atomic E-state index is 8.33. The van der Waals surface area contributed by atoms with Gasteiger partial charge in [-0.1, -0.05) is 0 Å². The Hall–Kier alpha value is -0.995. The van der Waals surface area contributed by atoms with E-state index in [-0.39, 0.29) is 37.8 Å². The molecule has 0 aliphatic heterocycles. The molecular weight excluding hydrogens is 423 g/mol. The van der Waals surface area contributed by atoms with Crippen LogP contribution in [-0.4, -0.2) is 18.5 Å². The van der Waals surface area contributed by atoms with E-state index in [1.165, 1.54) is 0 Å². The summed E-state index contributed by atoms with van der Waals surface area (Å²) < 4.78 is 0. The van der Waals surface area contributed by atoms with Crippen LogP contribution >= 0.6 is 0 Å². The van der Waals surface area contributed by atoms with E-state index in [0.29, 0.717) is 0 Å². The normalized spacial score (nSPS) is 5.14. The van der Waals surface area contributed by atoms with Gasteiger partial charge in [-0.2, -0.15) is 0 Å². The van der Waals surface area contributed by atoms with E-state index in [9.17, 15) is 0 Å². The van der Waals surface area contributed by atoms with Crippen molar-refractivity contribution in [2.24, 2.45) is 0 Å². The van der Waals surface area contributed by atoms with Gasteiger partial charge in [0.25, 0.3) is 0 Å². The van der Waals surface area contributed by atoms with E-state index in [4.69, 9.17) is 45.0 Å². The first-order valence-electron chi connectivity index (χ1n) is 1.84. The number of carbonyl (C=O) groups excluding carboxylic acids is 3. The first kappa shape index (κ1) is 29.2. The summed E-state index contributed by atoms with van der Waals surface area (Å²) in [6, 6.07) is 0. The molecule has 0 aromatic heterocycles. The summed E-state index contributed by atoms with van der Waals surface area (Å²) in [7, 11) is 0. The Balaban J connectivity index is -0.0000000270. The van der Waals surface area contributed by atoms with Gasteiger partial charge in [0, 0.05) is 21.1 Å². The molecule has 0 spiro atoms. The largest absolute Gasteiger partial charge is 2.00 e. The van der Waals surface area contributed by atoms with Crippen molar-refractivity contribution in [2.75, 3.05) is 0 Å². The van der Waals surface area contributed by atoms with Gasteiger partial charge in [0.1, 0.15) is 0 Å². The molecule has 0 bridgehead atoms. The van der Waals surface area contributed by atoms with Crippen molar-refractivity contribution in [2.45, 2.75) is 0 Å². The summed E-state index contributed by atoms with van der Waals surface area (Å²) in [6.07, 6.45) is -7.00. The minimum Gasteiger partial charge on any atom is -0.652 e. The fraction of sp³-hybridized carbons (Fsp3) is 0. The summed E-state index contributed by atoms with van der Waals surface area (Å²) in [5.41, 5.74) is 0. The van der Waals surface area contributed by atoms with Gasteiger partial charge in [-0.3, -0.25) is 0 Å². The van der Waals surface area contributed by atoms with Crippen LogP contribution in [-0.2, 0) is 37.8 Å². The van der Waals surface area contributed by atoms with Crippen molar-refractivity contribution in [3.05, 3.63) is 0 Å². The molecule has 0 atom stereocenters. The standard InChI is InChI=1S/3CH2O3.Co.W/c3*2-1(3)4;;/h3*(H2,2,3,4);;/q;;;+2;/p-6. The second kappa shape index (κ2) is 22.7. The Morgan fingerprint density at radius 1 is 0.571 bits per heavy atom. The topological polar surface area (TPSA) is 190 Å². The van der Waals surface area contributed by atoms with Gasteiger partial charge in [-0.15, -0.1) is 0 Å². The quantitative estimate of drug-likeness (QED) is 0.365. The smallest absolute Gasteiger partial charge is 0.652 e. The van der Waals surface area contributed by atoms with Crippen LogP contribution in [0.5, 0.6) is 0 Å². The van der Waals surface area contributed by atoms with Gasteiger partial charge in [0.15, 0.2) is 0 Å². The first-order chi connectivity index (χ1) is 5.20. The monoisotopic (exact) mass is 423 g/mol. The van der Waals surface area contributed by atoms with E-state index in [1.54, 1.807) is 0 Å². The van der Waals surface area contributed by atoms with Crippen LogP contribution in [0.3, 0.4) is 0 Å². The summed E-state index contributed by atoms with van der Waals surface area (Å²) in [5, 5.41) is 50.0. The van der Waals surface area contributed by atoms with E-state index < -0.39 is 18.5 Å². The van der Waals surface area contributed by atoms with Crippen molar-refractivity contribution in [1.29, 1.82) is 0 Å². The van der Waals surface area contributed by atoms with Crippen LogP contribution in [0.4, 0.5) is 14.4 Å². The molecular formula is C3CoO9W-4. The fourth-order valence-corrected chi connectivity index (χ4v) is 0. The van der Waals surface area contributed by atoms with Crippen molar-refractivity contribution in [1.82, 2.24) is 0 Å². The number of hydrogen-bond donors (Lipinski definition) is 0. The van der Waals surface area contributed by atoms with Gasteiger partial charge in [-0.05, 0) is 18.5 Å². The second-order valence-electron chi connectivity index (χ2n) is 0.750. The van der Waals surface area contributed by atoms with Gasteiger partial charge in [0.05, 0.1) is 0 Å². The molecule has 0 unspecified atom stereocenters. The van der Waals surface area contributed by atoms with Crippen molar-refractivity contribution < 1.29 is 82.9 Å². The molecule has 1 radical (unpaired) electrons. The van der Waals surface area contributed by atoms with E-state index in [1.807, 2.05) is 0 Å². The Morgan fingerprint density at radius 3 is 0.571 bits per heavy atom. The van der Waals surface area contributed by atoms with Crippen LogP contribution in [0.15, 0.2) is 0 Å². The molecule has 0 saturated carbocycles. The van der Waals surface area contributed by atoms with Gasteiger partial charge < -0.3 is 45.0 Å². The summed E-state index contributed by atoms with van der Waals surface area (Å²) in [6.45, 7) is 0. The maximum Gasteiger partial charge on any atom is 2.00 e. The minimum absolute atomic E-state index is 0. The maximum absolute atomic E-state index is 8.33. The Morgan fingerprint density at radius 2 is 0.571 bits per heavy atom. The third kappa shape index (κ3) is 1110. The summed E-state index contributed by atoms with van der Waals surface area (Å²) in [5.74, 6) is 0. The molecule has 0 amide bonds. The summed E-state index contributed by atoms with van der Waals surface area (Å²) in [4.78, 5) is 25.0. The van der Waals surface area contributed by atoms with E-state index in [2.05, 4.69) is 0 Å².